The monoisotopic (exact) mass is 341 g/mol. The van der Waals surface area contributed by atoms with E-state index in [-0.39, 0.29) is 18.6 Å². The minimum Gasteiger partial charge on any atom is -0.491 e. The number of amides is 2. The van der Waals surface area contributed by atoms with E-state index in [1.165, 1.54) is 0 Å². The van der Waals surface area contributed by atoms with Crippen LogP contribution in [0.25, 0.3) is 0 Å². The van der Waals surface area contributed by atoms with Gasteiger partial charge in [0.1, 0.15) is 5.75 Å². The Morgan fingerprint density at radius 1 is 1.12 bits per heavy atom. The molecule has 2 rings (SSSR count). The zero-order valence-electron chi connectivity index (χ0n) is 14.4. The molecule has 0 spiro atoms. The van der Waals surface area contributed by atoms with E-state index < -0.39 is 5.91 Å². The standard InChI is InChI=1S/C19H23N3O3/c1-3-13(2)25-17-9-5-7-15(11-17)21-12-18(23)22-16-8-4-6-14(10-16)19(20)24/h4-11,13,21H,3,12H2,1-2H3,(H2,20,24)(H,22,23). The molecule has 6 nitrogen and oxygen atoms in total. The molecule has 0 aliphatic rings. The first-order valence-corrected chi connectivity index (χ1v) is 8.18. The van der Waals surface area contributed by atoms with Crippen molar-refractivity contribution in [2.45, 2.75) is 26.4 Å². The van der Waals surface area contributed by atoms with Gasteiger partial charge < -0.3 is 21.1 Å². The highest BCUT2D eigenvalue weighted by Crippen LogP contribution is 2.19. The Labute approximate surface area is 147 Å². The van der Waals surface area contributed by atoms with E-state index in [2.05, 4.69) is 17.6 Å². The first-order valence-electron chi connectivity index (χ1n) is 8.18. The lowest BCUT2D eigenvalue weighted by atomic mass is 10.2. The largest absolute Gasteiger partial charge is 0.491 e. The Morgan fingerprint density at radius 3 is 2.56 bits per heavy atom. The van der Waals surface area contributed by atoms with E-state index in [1.807, 2.05) is 31.2 Å². The van der Waals surface area contributed by atoms with Crippen molar-refractivity contribution in [1.29, 1.82) is 0 Å². The van der Waals surface area contributed by atoms with E-state index in [9.17, 15) is 9.59 Å². The fraction of sp³-hybridized carbons (Fsp3) is 0.263. The Bertz CT molecular complexity index is 746. The third kappa shape index (κ3) is 5.84. The molecular weight excluding hydrogens is 318 g/mol. The van der Waals surface area contributed by atoms with E-state index in [1.54, 1.807) is 24.3 Å². The molecule has 2 amide bonds. The van der Waals surface area contributed by atoms with Crippen LogP contribution in [0.1, 0.15) is 30.6 Å². The topological polar surface area (TPSA) is 93.4 Å². The van der Waals surface area contributed by atoms with Gasteiger partial charge in [-0.2, -0.15) is 0 Å². The Kier molecular flexibility index (Phi) is 6.39. The van der Waals surface area contributed by atoms with Crippen LogP contribution < -0.4 is 21.1 Å². The van der Waals surface area contributed by atoms with Gasteiger partial charge in [-0.25, -0.2) is 0 Å². The van der Waals surface area contributed by atoms with E-state index in [0.29, 0.717) is 11.3 Å². The maximum absolute atomic E-state index is 12.1. The van der Waals surface area contributed by atoms with Gasteiger partial charge in [0.2, 0.25) is 11.8 Å². The number of hydrogen-bond donors (Lipinski definition) is 3. The summed E-state index contributed by atoms with van der Waals surface area (Å²) in [5.41, 5.74) is 6.90. The number of hydrogen-bond acceptors (Lipinski definition) is 4. The van der Waals surface area contributed by atoms with Crippen molar-refractivity contribution in [2.24, 2.45) is 5.73 Å². The van der Waals surface area contributed by atoms with Crippen LogP contribution in [-0.2, 0) is 4.79 Å². The number of nitrogens with one attached hydrogen (secondary N) is 2. The smallest absolute Gasteiger partial charge is 0.248 e. The molecule has 2 aromatic carbocycles. The Hall–Kier alpha value is -3.02. The van der Waals surface area contributed by atoms with Gasteiger partial charge in [0.15, 0.2) is 0 Å². The summed E-state index contributed by atoms with van der Waals surface area (Å²) in [6.45, 7) is 4.16. The summed E-state index contributed by atoms with van der Waals surface area (Å²) in [5.74, 6) is -0.00358. The summed E-state index contributed by atoms with van der Waals surface area (Å²) in [6, 6.07) is 14.0. The number of anilines is 2. The van der Waals surface area contributed by atoms with Crippen molar-refractivity contribution >= 4 is 23.2 Å². The molecule has 0 aliphatic carbocycles. The quantitative estimate of drug-likeness (QED) is 0.688. The minimum atomic E-state index is -0.535. The third-order valence-corrected chi connectivity index (χ3v) is 3.63. The second-order valence-corrected chi connectivity index (χ2v) is 5.71. The summed E-state index contributed by atoms with van der Waals surface area (Å²) in [7, 11) is 0. The average molecular weight is 341 g/mol. The average Bonchev–Trinajstić information content (AvgIpc) is 2.60. The molecule has 132 valence electrons. The number of rotatable bonds is 8. The highest BCUT2D eigenvalue weighted by molar-refractivity contribution is 5.97. The van der Waals surface area contributed by atoms with Gasteiger partial charge in [0.25, 0.3) is 0 Å². The summed E-state index contributed by atoms with van der Waals surface area (Å²) in [6.07, 6.45) is 1.06. The van der Waals surface area contributed by atoms with Crippen molar-refractivity contribution in [3.63, 3.8) is 0 Å². The van der Waals surface area contributed by atoms with Gasteiger partial charge in [-0.15, -0.1) is 0 Å². The normalized spacial score (nSPS) is 11.4. The summed E-state index contributed by atoms with van der Waals surface area (Å²) < 4.78 is 5.76. The summed E-state index contributed by atoms with van der Waals surface area (Å²) >= 11 is 0. The molecule has 0 saturated heterocycles. The molecule has 0 bridgehead atoms. The molecule has 6 heteroatoms. The molecule has 0 heterocycles. The van der Waals surface area contributed by atoms with Crippen molar-refractivity contribution in [2.75, 3.05) is 17.2 Å². The number of ether oxygens (including phenoxy) is 1. The molecular formula is C19H23N3O3. The van der Waals surface area contributed by atoms with Crippen LogP contribution in [0, 0.1) is 0 Å². The van der Waals surface area contributed by atoms with Crippen LogP contribution in [0.4, 0.5) is 11.4 Å². The molecule has 1 atom stereocenters. The number of carbonyl (C=O) groups excluding carboxylic acids is 2. The van der Waals surface area contributed by atoms with Gasteiger partial charge in [-0.3, -0.25) is 9.59 Å². The lowest BCUT2D eigenvalue weighted by molar-refractivity contribution is -0.114. The Balaban J connectivity index is 1.90. The third-order valence-electron chi connectivity index (χ3n) is 3.63. The van der Waals surface area contributed by atoms with Crippen LogP contribution in [0.15, 0.2) is 48.5 Å². The van der Waals surface area contributed by atoms with Crippen LogP contribution in [-0.4, -0.2) is 24.5 Å². The first kappa shape index (κ1) is 18.3. The van der Waals surface area contributed by atoms with Crippen LogP contribution in [0.5, 0.6) is 5.75 Å². The highest BCUT2D eigenvalue weighted by atomic mass is 16.5. The number of nitrogens with two attached hydrogens (primary N) is 1. The second-order valence-electron chi connectivity index (χ2n) is 5.71. The predicted molar refractivity (Wildman–Crippen MR) is 98.9 cm³/mol. The second kappa shape index (κ2) is 8.73. The fourth-order valence-corrected chi connectivity index (χ4v) is 2.13. The van der Waals surface area contributed by atoms with Crippen molar-refractivity contribution < 1.29 is 14.3 Å². The molecule has 4 N–H and O–H groups in total. The maximum Gasteiger partial charge on any atom is 0.248 e. The zero-order valence-corrected chi connectivity index (χ0v) is 14.4. The highest BCUT2D eigenvalue weighted by Gasteiger charge is 2.06. The van der Waals surface area contributed by atoms with Gasteiger partial charge >= 0.3 is 0 Å². The van der Waals surface area contributed by atoms with Crippen molar-refractivity contribution in [1.82, 2.24) is 0 Å². The molecule has 0 radical (unpaired) electrons. The number of primary amides is 1. The van der Waals surface area contributed by atoms with Crippen LogP contribution >= 0.6 is 0 Å². The van der Waals surface area contributed by atoms with Crippen molar-refractivity contribution in [3.8, 4) is 5.75 Å². The van der Waals surface area contributed by atoms with Crippen LogP contribution in [0.2, 0.25) is 0 Å². The summed E-state index contributed by atoms with van der Waals surface area (Å²) in [4.78, 5) is 23.2. The lowest BCUT2D eigenvalue weighted by Crippen LogP contribution is -2.22. The SMILES string of the molecule is CCC(C)Oc1cccc(NCC(=O)Nc2cccc(C(N)=O)c2)c1. The summed E-state index contributed by atoms with van der Waals surface area (Å²) in [5, 5.41) is 5.77. The van der Waals surface area contributed by atoms with Gasteiger partial charge in [0, 0.05) is 23.0 Å². The molecule has 0 aliphatic heterocycles. The fourth-order valence-electron chi connectivity index (χ4n) is 2.13. The molecule has 1 unspecified atom stereocenters. The van der Waals surface area contributed by atoms with E-state index >= 15 is 0 Å². The van der Waals surface area contributed by atoms with E-state index in [4.69, 9.17) is 10.5 Å². The number of carbonyl (C=O) groups is 2. The first-order chi connectivity index (χ1) is 12.0. The van der Waals surface area contributed by atoms with Gasteiger partial charge in [-0.1, -0.05) is 19.1 Å². The minimum absolute atomic E-state index is 0.0909. The van der Waals surface area contributed by atoms with E-state index in [0.717, 1.165) is 17.9 Å². The Morgan fingerprint density at radius 2 is 1.84 bits per heavy atom. The van der Waals surface area contributed by atoms with Gasteiger partial charge in [0.05, 0.1) is 12.6 Å². The molecule has 0 aromatic heterocycles. The molecule has 25 heavy (non-hydrogen) atoms. The number of benzene rings is 2. The van der Waals surface area contributed by atoms with Crippen LogP contribution in [0.3, 0.4) is 0 Å². The van der Waals surface area contributed by atoms with Gasteiger partial charge in [-0.05, 0) is 43.7 Å². The molecule has 0 saturated carbocycles. The molecule has 0 fully saturated rings. The lowest BCUT2D eigenvalue weighted by Gasteiger charge is -2.14. The predicted octanol–water partition coefficient (Wildman–Crippen LogP) is 3.01. The molecule has 2 aromatic rings. The zero-order chi connectivity index (χ0) is 18.2. The van der Waals surface area contributed by atoms with Crippen molar-refractivity contribution in [3.05, 3.63) is 54.1 Å². The maximum atomic E-state index is 12.1.